The summed E-state index contributed by atoms with van der Waals surface area (Å²) in [6.07, 6.45) is 3.53. The van der Waals surface area contributed by atoms with Gasteiger partial charge < -0.3 is 14.9 Å². The summed E-state index contributed by atoms with van der Waals surface area (Å²) in [6, 6.07) is 1.98. The van der Waals surface area contributed by atoms with E-state index in [0.717, 1.165) is 37.4 Å². The molecule has 1 aliphatic rings. The summed E-state index contributed by atoms with van der Waals surface area (Å²) in [5.74, 6) is 0. The second kappa shape index (κ2) is 4.59. The van der Waals surface area contributed by atoms with Crippen LogP contribution in [0.3, 0.4) is 0 Å². The maximum Gasteiger partial charge on any atom is 0.0717 e. The predicted octanol–water partition coefficient (Wildman–Crippen LogP) is 0.326. The Kier molecular flexibility index (Phi) is 3.18. The van der Waals surface area contributed by atoms with Gasteiger partial charge in [0.25, 0.3) is 0 Å². The lowest BCUT2D eigenvalue weighted by Crippen LogP contribution is -2.44. The Hall–Kier alpha value is -1.13. The molecule has 0 spiro atoms. The van der Waals surface area contributed by atoms with E-state index in [1.807, 2.05) is 6.07 Å². The number of rotatable bonds is 2. The SMILES string of the molecule is CN1CCN(c2ccncc2CO)CC1. The molecular formula is C11H17N3O. The Labute approximate surface area is 90.1 Å². The molecule has 0 aliphatic carbocycles. The van der Waals surface area contributed by atoms with E-state index in [1.165, 1.54) is 0 Å². The van der Waals surface area contributed by atoms with Gasteiger partial charge in [0.2, 0.25) is 0 Å². The summed E-state index contributed by atoms with van der Waals surface area (Å²) < 4.78 is 0. The molecule has 15 heavy (non-hydrogen) atoms. The molecule has 0 atom stereocenters. The lowest BCUT2D eigenvalue weighted by atomic mass is 10.2. The van der Waals surface area contributed by atoms with Gasteiger partial charge in [-0.05, 0) is 13.1 Å². The van der Waals surface area contributed by atoms with Gasteiger partial charge in [0.05, 0.1) is 6.61 Å². The molecule has 0 saturated carbocycles. The Balaban J connectivity index is 2.15. The van der Waals surface area contributed by atoms with E-state index in [4.69, 9.17) is 0 Å². The van der Waals surface area contributed by atoms with Crippen molar-refractivity contribution in [3.05, 3.63) is 24.0 Å². The van der Waals surface area contributed by atoms with Gasteiger partial charge in [0.1, 0.15) is 0 Å². The number of aliphatic hydroxyl groups excluding tert-OH is 1. The fraction of sp³-hybridized carbons (Fsp3) is 0.545. The molecular weight excluding hydrogens is 190 g/mol. The molecule has 1 aromatic heterocycles. The zero-order valence-corrected chi connectivity index (χ0v) is 9.06. The number of hydrogen-bond acceptors (Lipinski definition) is 4. The second-order valence-electron chi connectivity index (χ2n) is 3.95. The normalized spacial score (nSPS) is 18.1. The molecule has 0 aromatic carbocycles. The first-order valence-corrected chi connectivity index (χ1v) is 5.28. The third-order valence-corrected chi connectivity index (χ3v) is 2.89. The number of nitrogens with zero attached hydrogens (tertiary/aromatic N) is 3. The molecule has 82 valence electrons. The molecule has 0 radical (unpaired) electrons. The van der Waals surface area contributed by atoms with Gasteiger partial charge in [-0.1, -0.05) is 0 Å². The highest BCUT2D eigenvalue weighted by molar-refractivity contribution is 5.52. The van der Waals surface area contributed by atoms with Crippen molar-refractivity contribution in [2.75, 3.05) is 38.1 Å². The molecule has 2 rings (SSSR count). The third kappa shape index (κ3) is 2.27. The largest absolute Gasteiger partial charge is 0.392 e. The lowest BCUT2D eigenvalue weighted by molar-refractivity contribution is 0.279. The van der Waals surface area contributed by atoms with Crippen LogP contribution in [0.25, 0.3) is 0 Å². The highest BCUT2D eigenvalue weighted by Crippen LogP contribution is 2.20. The van der Waals surface area contributed by atoms with Crippen LogP contribution >= 0.6 is 0 Å². The zero-order chi connectivity index (χ0) is 10.7. The lowest BCUT2D eigenvalue weighted by Gasteiger charge is -2.34. The van der Waals surface area contributed by atoms with Gasteiger partial charge in [0.15, 0.2) is 0 Å². The molecule has 1 N–H and O–H groups in total. The van der Waals surface area contributed by atoms with Gasteiger partial charge in [-0.3, -0.25) is 4.98 Å². The van der Waals surface area contributed by atoms with Crippen LogP contribution in [0.1, 0.15) is 5.56 Å². The number of aliphatic hydroxyl groups is 1. The first-order valence-electron chi connectivity index (χ1n) is 5.28. The summed E-state index contributed by atoms with van der Waals surface area (Å²) in [7, 11) is 2.14. The smallest absolute Gasteiger partial charge is 0.0717 e. The van der Waals surface area contributed by atoms with E-state index >= 15 is 0 Å². The van der Waals surface area contributed by atoms with E-state index in [0.29, 0.717) is 0 Å². The molecule has 4 heteroatoms. The van der Waals surface area contributed by atoms with Crippen molar-refractivity contribution in [2.45, 2.75) is 6.61 Å². The van der Waals surface area contributed by atoms with Crippen LogP contribution in [-0.4, -0.2) is 48.2 Å². The molecule has 4 nitrogen and oxygen atoms in total. The van der Waals surface area contributed by atoms with Crippen molar-refractivity contribution in [3.63, 3.8) is 0 Å². The zero-order valence-electron chi connectivity index (χ0n) is 9.06. The highest BCUT2D eigenvalue weighted by Gasteiger charge is 2.16. The van der Waals surface area contributed by atoms with Crippen LogP contribution < -0.4 is 4.90 Å². The van der Waals surface area contributed by atoms with Gasteiger partial charge in [-0.15, -0.1) is 0 Å². The number of pyridine rings is 1. The predicted molar refractivity (Wildman–Crippen MR) is 59.9 cm³/mol. The number of hydrogen-bond donors (Lipinski definition) is 1. The van der Waals surface area contributed by atoms with Crippen molar-refractivity contribution in [3.8, 4) is 0 Å². The minimum absolute atomic E-state index is 0.0650. The molecule has 1 aliphatic heterocycles. The second-order valence-corrected chi connectivity index (χ2v) is 3.95. The first kappa shape index (κ1) is 10.4. The average molecular weight is 207 g/mol. The van der Waals surface area contributed by atoms with Gasteiger partial charge in [-0.25, -0.2) is 0 Å². The first-order chi connectivity index (χ1) is 7.31. The topological polar surface area (TPSA) is 39.6 Å². The monoisotopic (exact) mass is 207 g/mol. The van der Waals surface area contributed by atoms with Gasteiger partial charge in [-0.2, -0.15) is 0 Å². The average Bonchev–Trinajstić information content (AvgIpc) is 2.30. The molecule has 0 bridgehead atoms. The number of likely N-dealkylation sites (N-methyl/N-ethyl adjacent to an activating group) is 1. The number of piperazine rings is 1. The maximum absolute atomic E-state index is 9.22. The van der Waals surface area contributed by atoms with Crippen molar-refractivity contribution in [1.82, 2.24) is 9.88 Å². The number of aromatic nitrogens is 1. The third-order valence-electron chi connectivity index (χ3n) is 2.89. The summed E-state index contributed by atoms with van der Waals surface area (Å²) in [4.78, 5) is 8.66. The van der Waals surface area contributed by atoms with Crippen LogP contribution in [0.4, 0.5) is 5.69 Å². The van der Waals surface area contributed by atoms with E-state index in [2.05, 4.69) is 21.8 Å². The van der Waals surface area contributed by atoms with E-state index in [9.17, 15) is 5.11 Å². The van der Waals surface area contributed by atoms with Crippen LogP contribution in [-0.2, 0) is 6.61 Å². The Morgan fingerprint density at radius 3 is 2.73 bits per heavy atom. The minimum Gasteiger partial charge on any atom is -0.392 e. The summed E-state index contributed by atoms with van der Waals surface area (Å²) >= 11 is 0. The van der Waals surface area contributed by atoms with E-state index in [-0.39, 0.29) is 6.61 Å². The van der Waals surface area contributed by atoms with Crippen molar-refractivity contribution < 1.29 is 5.11 Å². The molecule has 1 aromatic rings. The molecule has 1 saturated heterocycles. The number of anilines is 1. The quantitative estimate of drug-likeness (QED) is 0.758. The van der Waals surface area contributed by atoms with E-state index in [1.54, 1.807) is 12.4 Å². The van der Waals surface area contributed by atoms with Crippen LogP contribution in [0, 0.1) is 0 Å². The molecule has 0 unspecified atom stereocenters. The van der Waals surface area contributed by atoms with E-state index < -0.39 is 0 Å². The van der Waals surface area contributed by atoms with Gasteiger partial charge in [0, 0.05) is 49.8 Å². The summed E-state index contributed by atoms with van der Waals surface area (Å²) in [5.41, 5.74) is 2.04. The Morgan fingerprint density at radius 1 is 1.33 bits per heavy atom. The molecule has 2 heterocycles. The Morgan fingerprint density at radius 2 is 2.07 bits per heavy atom. The van der Waals surface area contributed by atoms with Crippen LogP contribution in [0.15, 0.2) is 18.5 Å². The standard InChI is InChI=1S/C11H17N3O/c1-13-4-6-14(7-5-13)11-2-3-12-8-10(11)9-15/h2-3,8,15H,4-7,9H2,1H3. The fourth-order valence-corrected chi connectivity index (χ4v) is 1.90. The van der Waals surface area contributed by atoms with Crippen molar-refractivity contribution in [1.29, 1.82) is 0 Å². The van der Waals surface area contributed by atoms with Gasteiger partial charge >= 0.3 is 0 Å². The molecule has 1 fully saturated rings. The summed E-state index contributed by atoms with van der Waals surface area (Å²) in [6.45, 7) is 4.26. The van der Waals surface area contributed by atoms with Crippen LogP contribution in [0.2, 0.25) is 0 Å². The van der Waals surface area contributed by atoms with Crippen molar-refractivity contribution in [2.24, 2.45) is 0 Å². The van der Waals surface area contributed by atoms with Crippen LogP contribution in [0.5, 0.6) is 0 Å². The minimum atomic E-state index is 0.0650. The molecule has 0 amide bonds. The van der Waals surface area contributed by atoms with Crippen molar-refractivity contribution >= 4 is 5.69 Å². The highest BCUT2D eigenvalue weighted by atomic mass is 16.3. The summed E-state index contributed by atoms with van der Waals surface area (Å²) in [5, 5.41) is 9.22. The Bertz CT molecular complexity index is 321. The maximum atomic E-state index is 9.22. The fourth-order valence-electron chi connectivity index (χ4n) is 1.90.